The van der Waals surface area contributed by atoms with E-state index >= 15 is 0 Å². The van der Waals surface area contributed by atoms with Gasteiger partial charge in [0.25, 0.3) is 0 Å². The predicted molar refractivity (Wildman–Crippen MR) is 80.5 cm³/mol. The highest BCUT2D eigenvalue weighted by atomic mass is 79.9. The molecule has 0 aliphatic carbocycles. The number of pyridine rings is 1. The fourth-order valence-corrected chi connectivity index (χ4v) is 2.01. The molecule has 2 nitrogen and oxygen atoms in total. The molecule has 0 aliphatic heterocycles. The van der Waals surface area contributed by atoms with Crippen molar-refractivity contribution in [2.75, 3.05) is 0 Å². The predicted octanol–water partition coefficient (Wildman–Crippen LogP) is 4.37. The second-order valence-corrected chi connectivity index (χ2v) is 6.43. The molecule has 98 valence electrons. The van der Waals surface area contributed by atoms with Crippen LogP contribution >= 0.6 is 15.9 Å². The molecule has 1 heterocycles. The minimum absolute atomic E-state index is 0.0482. The summed E-state index contributed by atoms with van der Waals surface area (Å²) in [4.78, 5) is 16.4. The Bertz CT molecular complexity index is 580. The Hall–Kier alpha value is -1.48. The van der Waals surface area contributed by atoms with Gasteiger partial charge in [0, 0.05) is 16.2 Å². The molecule has 0 fully saturated rings. The molecule has 2 aromatic rings. The van der Waals surface area contributed by atoms with E-state index in [2.05, 4.69) is 41.7 Å². The molecular formula is C16H16BrNO. The Labute approximate surface area is 122 Å². The van der Waals surface area contributed by atoms with Crippen LogP contribution in [-0.4, -0.2) is 10.8 Å². The highest BCUT2D eigenvalue weighted by Gasteiger charge is 2.15. The summed E-state index contributed by atoms with van der Waals surface area (Å²) in [6, 6.07) is 11.3. The van der Waals surface area contributed by atoms with Gasteiger partial charge in [0.15, 0.2) is 0 Å². The Morgan fingerprint density at radius 2 is 1.68 bits per heavy atom. The molecule has 0 radical (unpaired) electrons. The van der Waals surface area contributed by atoms with Gasteiger partial charge < -0.3 is 0 Å². The lowest BCUT2D eigenvalue weighted by Crippen LogP contribution is -2.11. The molecule has 0 N–H and O–H groups in total. The monoisotopic (exact) mass is 317 g/mol. The average molecular weight is 318 g/mol. The Morgan fingerprint density at radius 3 is 2.16 bits per heavy atom. The maximum absolute atomic E-state index is 12.2. The number of hydrogen-bond donors (Lipinski definition) is 0. The Morgan fingerprint density at radius 1 is 1.05 bits per heavy atom. The van der Waals surface area contributed by atoms with Crippen molar-refractivity contribution in [3.63, 3.8) is 0 Å². The van der Waals surface area contributed by atoms with Crippen molar-refractivity contribution >= 4 is 21.7 Å². The minimum Gasteiger partial charge on any atom is -0.287 e. The van der Waals surface area contributed by atoms with Crippen LogP contribution in [0, 0.1) is 0 Å². The summed E-state index contributed by atoms with van der Waals surface area (Å²) < 4.78 is 0.868. The maximum atomic E-state index is 12.2. The number of halogens is 1. The van der Waals surface area contributed by atoms with Crippen molar-refractivity contribution in [3.05, 3.63) is 63.9 Å². The standard InChI is InChI=1S/C16H16BrNO/c1-16(2,3)12-6-4-11(5-7-12)15(19)14-9-8-13(17)10-18-14/h4-10H,1-3H3. The van der Waals surface area contributed by atoms with E-state index in [-0.39, 0.29) is 11.2 Å². The van der Waals surface area contributed by atoms with E-state index in [9.17, 15) is 4.79 Å². The fourth-order valence-electron chi connectivity index (χ4n) is 1.78. The van der Waals surface area contributed by atoms with Crippen LogP contribution in [0.3, 0.4) is 0 Å². The molecular weight excluding hydrogens is 302 g/mol. The third kappa shape index (κ3) is 3.29. The van der Waals surface area contributed by atoms with Crippen LogP contribution in [-0.2, 0) is 5.41 Å². The molecule has 1 aromatic heterocycles. The van der Waals surface area contributed by atoms with Crippen molar-refractivity contribution in [1.29, 1.82) is 0 Å². The van der Waals surface area contributed by atoms with Crippen molar-refractivity contribution in [2.45, 2.75) is 26.2 Å². The van der Waals surface area contributed by atoms with Crippen molar-refractivity contribution < 1.29 is 4.79 Å². The first-order valence-electron chi connectivity index (χ1n) is 6.15. The third-order valence-corrected chi connectivity index (χ3v) is 3.44. The van der Waals surface area contributed by atoms with E-state index in [0.29, 0.717) is 11.3 Å². The summed E-state index contributed by atoms with van der Waals surface area (Å²) in [6.45, 7) is 6.46. The number of ketones is 1. The molecule has 1 aromatic carbocycles. The van der Waals surface area contributed by atoms with Gasteiger partial charge in [-0.15, -0.1) is 0 Å². The zero-order valence-electron chi connectivity index (χ0n) is 11.3. The van der Waals surface area contributed by atoms with E-state index < -0.39 is 0 Å². The van der Waals surface area contributed by atoms with Crippen molar-refractivity contribution in [3.8, 4) is 0 Å². The first kappa shape index (κ1) is 13.9. The number of carbonyl (C=O) groups excluding carboxylic acids is 1. The van der Waals surface area contributed by atoms with Gasteiger partial charge in [-0.3, -0.25) is 9.78 Å². The van der Waals surface area contributed by atoms with Gasteiger partial charge in [0.05, 0.1) is 0 Å². The van der Waals surface area contributed by atoms with Gasteiger partial charge in [-0.05, 0) is 39.0 Å². The molecule has 3 heteroatoms. The summed E-state index contributed by atoms with van der Waals surface area (Å²) in [7, 11) is 0. The lowest BCUT2D eigenvalue weighted by molar-refractivity contribution is 0.103. The van der Waals surface area contributed by atoms with Gasteiger partial charge in [0.1, 0.15) is 5.69 Å². The Kier molecular flexibility index (Phi) is 3.85. The summed E-state index contributed by atoms with van der Waals surface area (Å²) in [6.07, 6.45) is 1.64. The van der Waals surface area contributed by atoms with Crippen LogP contribution in [0.15, 0.2) is 47.1 Å². The fraction of sp³-hybridized carbons (Fsp3) is 0.250. The number of carbonyl (C=O) groups is 1. The van der Waals surface area contributed by atoms with Gasteiger partial charge in [-0.1, -0.05) is 45.0 Å². The number of nitrogens with zero attached hydrogens (tertiary/aromatic N) is 1. The summed E-state index contributed by atoms with van der Waals surface area (Å²) in [5.41, 5.74) is 2.44. The molecule has 0 spiro atoms. The highest BCUT2D eigenvalue weighted by molar-refractivity contribution is 9.10. The second-order valence-electron chi connectivity index (χ2n) is 5.52. The van der Waals surface area contributed by atoms with E-state index in [1.54, 1.807) is 12.3 Å². The van der Waals surface area contributed by atoms with Gasteiger partial charge in [-0.25, -0.2) is 0 Å². The molecule has 0 saturated heterocycles. The molecule has 0 amide bonds. The van der Waals surface area contributed by atoms with Crippen molar-refractivity contribution in [2.24, 2.45) is 0 Å². The van der Waals surface area contributed by atoms with Crippen LogP contribution in [0.2, 0.25) is 0 Å². The van der Waals surface area contributed by atoms with Gasteiger partial charge in [-0.2, -0.15) is 0 Å². The van der Waals surface area contributed by atoms with E-state index in [1.807, 2.05) is 30.3 Å². The van der Waals surface area contributed by atoms with Crippen LogP contribution in [0.5, 0.6) is 0 Å². The van der Waals surface area contributed by atoms with Gasteiger partial charge in [0.2, 0.25) is 5.78 Å². The van der Waals surface area contributed by atoms with Crippen LogP contribution in [0.4, 0.5) is 0 Å². The third-order valence-electron chi connectivity index (χ3n) is 2.97. The zero-order valence-corrected chi connectivity index (χ0v) is 12.9. The summed E-state index contributed by atoms with van der Waals surface area (Å²) in [5, 5.41) is 0. The minimum atomic E-state index is -0.0482. The summed E-state index contributed by atoms with van der Waals surface area (Å²) >= 11 is 3.31. The number of aromatic nitrogens is 1. The molecule has 0 aliphatic rings. The number of hydrogen-bond acceptors (Lipinski definition) is 2. The first-order chi connectivity index (χ1) is 8.88. The van der Waals surface area contributed by atoms with E-state index in [4.69, 9.17) is 0 Å². The molecule has 0 unspecified atom stereocenters. The number of rotatable bonds is 2. The SMILES string of the molecule is CC(C)(C)c1ccc(C(=O)c2ccc(Br)cn2)cc1. The van der Waals surface area contributed by atoms with Gasteiger partial charge >= 0.3 is 0 Å². The first-order valence-corrected chi connectivity index (χ1v) is 6.94. The highest BCUT2D eigenvalue weighted by Crippen LogP contribution is 2.22. The normalized spacial score (nSPS) is 11.4. The van der Waals surface area contributed by atoms with Crippen molar-refractivity contribution in [1.82, 2.24) is 4.98 Å². The topological polar surface area (TPSA) is 30.0 Å². The quantitative estimate of drug-likeness (QED) is 0.770. The molecule has 2 rings (SSSR count). The van der Waals surface area contributed by atoms with E-state index in [1.165, 1.54) is 5.56 Å². The molecule has 19 heavy (non-hydrogen) atoms. The molecule has 0 saturated carbocycles. The zero-order chi connectivity index (χ0) is 14.0. The molecule has 0 bridgehead atoms. The Balaban J connectivity index is 2.27. The number of benzene rings is 1. The van der Waals surface area contributed by atoms with Crippen LogP contribution in [0.1, 0.15) is 42.4 Å². The largest absolute Gasteiger partial charge is 0.287 e. The van der Waals surface area contributed by atoms with E-state index in [0.717, 1.165) is 4.47 Å². The lowest BCUT2D eigenvalue weighted by atomic mass is 9.86. The average Bonchev–Trinajstić information content (AvgIpc) is 2.38. The second kappa shape index (κ2) is 5.25. The van der Waals surface area contributed by atoms with Crippen LogP contribution < -0.4 is 0 Å². The van der Waals surface area contributed by atoms with Crippen LogP contribution in [0.25, 0.3) is 0 Å². The summed E-state index contributed by atoms with van der Waals surface area (Å²) in [5.74, 6) is -0.0482. The smallest absolute Gasteiger partial charge is 0.211 e. The molecule has 0 atom stereocenters. The maximum Gasteiger partial charge on any atom is 0.211 e. The lowest BCUT2D eigenvalue weighted by Gasteiger charge is -2.18.